The zero-order valence-electron chi connectivity index (χ0n) is 14.8. The van der Waals surface area contributed by atoms with Crippen molar-refractivity contribution in [2.24, 2.45) is 0 Å². The lowest BCUT2D eigenvalue weighted by atomic mass is 10.1. The lowest BCUT2D eigenvalue weighted by Gasteiger charge is -2.11. The molecule has 0 amide bonds. The molecule has 0 aliphatic carbocycles. The first-order valence-corrected chi connectivity index (χ1v) is 7.96. The first-order chi connectivity index (χ1) is 12.6. The van der Waals surface area contributed by atoms with Crippen molar-refractivity contribution in [1.29, 1.82) is 0 Å². The van der Waals surface area contributed by atoms with E-state index in [0.717, 1.165) is 9.08 Å². The second kappa shape index (κ2) is 6.56. The minimum atomic E-state index is -4.42. The predicted molar refractivity (Wildman–Crippen MR) is 91.6 cm³/mol. The third-order valence-corrected chi connectivity index (χ3v) is 3.89. The maximum absolute atomic E-state index is 12.5. The van der Waals surface area contributed by atoms with Gasteiger partial charge in [0.15, 0.2) is 5.65 Å². The molecule has 144 valence electrons. The van der Waals surface area contributed by atoms with Crippen molar-refractivity contribution < 1.29 is 17.9 Å². The van der Waals surface area contributed by atoms with E-state index >= 15 is 0 Å². The van der Waals surface area contributed by atoms with Crippen LogP contribution in [0.15, 0.2) is 16.9 Å². The fourth-order valence-corrected chi connectivity index (χ4v) is 2.84. The van der Waals surface area contributed by atoms with Gasteiger partial charge in [0, 0.05) is 11.4 Å². The maximum atomic E-state index is 12.5. The Morgan fingerprint density at radius 3 is 2.37 bits per heavy atom. The summed E-state index contributed by atoms with van der Waals surface area (Å²) in [6.45, 7) is 2.96. The molecule has 0 bridgehead atoms. The molecule has 0 aliphatic heterocycles. The van der Waals surface area contributed by atoms with Crippen LogP contribution in [-0.2, 0) is 6.54 Å². The number of aromatic nitrogens is 5. The van der Waals surface area contributed by atoms with E-state index in [4.69, 9.17) is 10.5 Å². The number of methoxy groups -OCH3 is 1. The number of halogens is 3. The normalized spacial score (nSPS) is 11.9. The molecule has 8 nitrogen and oxygen atoms in total. The molecule has 0 saturated heterocycles. The summed E-state index contributed by atoms with van der Waals surface area (Å²) in [6, 6.07) is 3.48. The van der Waals surface area contributed by atoms with E-state index in [1.54, 1.807) is 26.0 Å². The number of nitrogens with zero attached hydrogens (tertiary/aromatic N) is 5. The Balaban J connectivity index is 2.29. The Morgan fingerprint density at radius 2 is 1.81 bits per heavy atom. The quantitative estimate of drug-likeness (QED) is 0.742. The van der Waals surface area contributed by atoms with Gasteiger partial charge in [-0.25, -0.2) is 13.9 Å². The fourth-order valence-electron chi connectivity index (χ4n) is 2.84. The molecule has 11 heteroatoms. The number of alkyl halides is 3. The van der Waals surface area contributed by atoms with Crippen LogP contribution in [0.2, 0.25) is 0 Å². The molecule has 3 aromatic rings. The lowest BCUT2D eigenvalue weighted by molar-refractivity contribution is -0.137. The maximum Gasteiger partial charge on any atom is 0.390 e. The first kappa shape index (κ1) is 18.7. The SMILES string of the molecule is COc1nc(N)n2c(=O)n(CCC(F)(F)F)nc2c1-c1cc(C)nc(C)c1. The average Bonchev–Trinajstić information content (AvgIpc) is 2.88. The van der Waals surface area contributed by atoms with Gasteiger partial charge in [0.2, 0.25) is 11.8 Å². The van der Waals surface area contributed by atoms with Crippen molar-refractivity contribution in [3.8, 4) is 17.0 Å². The Hall–Kier alpha value is -3.11. The summed E-state index contributed by atoms with van der Waals surface area (Å²) in [4.78, 5) is 20.9. The lowest BCUT2D eigenvalue weighted by Crippen LogP contribution is -2.25. The number of hydrogen-bond donors (Lipinski definition) is 1. The summed E-state index contributed by atoms with van der Waals surface area (Å²) in [7, 11) is 1.38. The molecule has 0 radical (unpaired) electrons. The van der Waals surface area contributed by atoms with Crippen molar-refractivity contribution >= 4 is 11.6 Å². The predicted octanol–water partition coefficient (Wildman–Crippen LogP) is 2.11. The molecule has 0 spiro atoms. The van der Waals surface area contributed by atoms with Crippen molar-refractivity contribution in [3.63, 3.8) is 0 Å². The van der Waals surface area contributed by atoms with Crippen LogP contribution in [-0.4, -0.2) is 37.4 Å². The third kappa shape index (κ3) is 3.57. The molecular formula is C16H17F3N6O2. The number of anilines is 1. The van der Waals surface area contributed by atoms with Crippen LogP contribution in [0.3, 0.4) is 0 Å². The van der Waals surface area contributed by atoms with Crippen LogP contribution in [0.4, 0.5) is 19.1 Å². The van der Waals surface area contributed by atoms with Gasteiger partial charge in [0.05, 0.1) is 25.6 Å². The smallest absolute Gasteiger partial charge is 0.390 e. The van der Waals surface area contributed by atoms with Crippen molar-refractivity contribution in [3.05, 3.63) is 34.0 Å². The first-order valence-electron chi connectivity index (χ1n) is 7.96. The summed E-state index contributed by atoms with van der Waals surface area (Å²) in [6.07, 6.45) is -5.61. The molecule has 0 aromatic carbocycles. The number of pyridine rings is 1. The van der Waals surface area contributed by atoms with Crippen LogP contribution in [0.25, 0.3) is 16.8 Å². The molecule has 0 fully saturated rings. The highest BCUT2D eigenvalue weighted by molar-refractivity contribution is 5.82. The number of fused-ring (bicyclic) bond motifs is 1. The van der Waals surface area contributed by atoms with Crippen LogP contribution in [0.1, 0.15) is 17.8 Å². The van der Waals surface area contributed by atoms with Gasteiger partial charge in [-0.15, -0.1) is 5.10 Å². The molecule has 0 saturated carbocycles. The number of aryl methyl sites for hydroxylation is 3. The van der Waals surface area contributed by atoms with Gasteiger partial charge >= 0.3 is 11.9 Å². The Kier molecular flexibility index (Phi) is 4.54. The highest BCUT2D eigenvalue weighted by Crippen LogP contribution is 2.33. The van der Waals surface area contributed by atoms with Crippen LogP contribution < -0.4 is 16.2 Å². The molecule has 0 aliphatic rings. The van der Waals surface area contributed by atoms with Gasteiger partial charge in [-0.05, 0) is 31.5 Å². The Morgan fingerprint density at radius 1 is 1.19 bits per heavy atom. The van der Waals surface area contributed by atoms with Crippen molar-refractivity contribution in [2.45, 2.75) is 33.0 Å². The summed E-state index contributed by atoms with van der Waals surface area (Å²) >= 11 is 0. The second-order valence-electron chi connectivity index (χ2n) is 6.02. The fraction of sp³-hybridized carbons (Fsp3) is 0.375. The molecule has 2 N–H and O–H groups in total. The summed E-state index contributed by atoms with van der Waals surface area (Å²) in [5.41, 5.74) is 7.47. The summed E-state index contributed by atoms with van der Waals surface area (Å²) in [5, 5.41) is 4.07. The third-order valence-electron chi connectivity index (χ3n) is 3.89. The Bertz CT molecular complexity index is 1050. The average molecular weight is 382 g/mol. The number of hydrogen-bond acceptors (Lipinski definition) is 6. The van der Waals surface area contributed by atoms with Gasteiger partial charge in [-0.2, -0.15) is 18.2 Å². The zero-order chi connectivity index (χ0) is 19.9. The van der Waals surface area contributed by atoms with Gasteiger partial charge in [0.25, 0.3) is 0 Å². The second-order valence-corrected chi connectivity index (χ2v) is 6.02. The summed E-state index contributed by atoms with van der Waals surface area (Å²) in [5.74, 6) is -0.116. The zero-order valence-corrected chi connectivity index (χ0v) is 14.8. The van der Waals surface area contributed by atoms with Gasteiger partial charge < -0.3 is 10.5 Å². The largest absolute Gasteiger partial charge is 0.480 e. The monoisotopic (exact) mass is 382 g/mol. The van der Waals surface area contributed by atoms with Gasteiger partial charge in [0.1, 0.15) is 0 Å². The van der Waals surface area contributed by atoms with E-state index in [2.05, 4.69) is 15.1 Å². The van der Waals surface area contributed by atoms with Crippen LogP contribution in [0, 0.1) is 13.8 Å². The van der Waals surface area contributed by atoms with E-state index in [0.29, 0.717) is 22.5 Å². The van der Waals surface area contributed by atoms with Crippen molar-refractivity contribution in [1.82, 2.24) is 24.1 Å². The van der Waals surface area contributed by atoms with Gasteiger partial charge in [-0.3, -0.25) is 4.98 Å². The molecule has 0 atom stereocenters. The highest BCUT2D eigenvalue weighted by Gasteiger charge is 2.28. The van der Waals surface area contributed by atoms with E-state index in [1.165, 1.54) is 7.11 Å². The number of ether oxygens (including phenoxy) is 1. The Labute approximate surface area is 151 Å². The molecule has 3 heterocycles. The molecule has 27 heavy (non-hydrogen) atoms. The number of nitrogen functional groups attached to an aromatic ring is 1. The minimum Gasteiger partial charge on any atom is -0.480 e. The van der Waals surface area contributed by atoms with Gasteiger partial charge in [-0.1, -0.05) is 0 Å². The minimum absolute atomic E-state index is 0.0662. The molecule has 0 unspecified atom stereocenters. The molecule has 3 aromatic heterocycles. The van der Waals surface area contributed by atoms with Crippen LogP contribution in [0.5, 0.6) is 5.88 Å². The number of nitrogens with two attached hydrogens (primary N) is 1. The van der Waals surface area contributed by atoms with E-state index in [-0.39, 0.29) is 17.5 Å². The molecule has 3 rings (SSSR count). The topological polar surface area (TPSA) is 100 Å². The van der Waals surface area contributed by atoms with E-state index in [9.17, 15) is 18.0 Å². The van der Waals surface area contributed by atoms with E-state index < -0.39 is 24.8 Å². The highest BCUT2D eigenvalue weighted by atomic mass is 19.4. The summed E-state index contributed by atoms with van der Waals surface area (Å²) < 4.78 is 44.6. The van der Waals surface area contributed by atoms with Crippen LogP contribution >= 0.6 is 0 Å². The van der Waals surface area contributed by atoms with Crippen molar-refractivity contribution in [2.75, 3.05) is 12.8 Å². The number of rotatable bonds is 4. The molecular weight excluding hydrogens is 365 g/mol. The standard InChI is InChI=1S/C16H17F3N6O2/c1-8-6-10(7-9(2)21-8)11-12-23-24(5-4-16(17,18)19)15(26)25(12)14(20)22-13(11)27-3/h6-7H,4-5H2,1-3H3,(H2,20,22). The van der Waals surface area contributed by atoms with E-state index in [1.807, 2.05) is 0 Å².